The van der Waals surface area contributed by atoms with Crippen LogP contribution in [0, 0.1) is 0 Å². The maximum absolute atomic E-state index is 6.11. The van der Waals surface area contributed by atoms with Crippen molar-refractivity contribution in [2.24, 2.45) is 0 Å². The van der Waals surface area contributed by atoms with Gasteiger partial charge in [-0.3, -0.25) is 0 Å². The van der Waals surface area contributed by atoms with Gasteiger partial charge in [-0.1, -0.05) is 74.0 Å². The van der Waals surface area contributed by atoms with Gasteiger partial charge in [-0.15, -0.1) is 0 Å². The lowest BCUT2D eigenvalue weighted by Gasteiger charge is -2.33. The zero-order valence-corrected chi connectivity index (χ0v) is 17.4. The Balaban J connectivity index is 1.62. The zero-order valence-electron chi connectivity index (χ0n) is 16.6. The lowest BCUT2D eigenvalue weighted by Crippen LogP contribution is -2.27. The minimum Gasteiger partial charge on any atom is -0.349 e. The third-order valence-corrected chi connectivity index (χ3v) is 6.18. The molecular formula is C25H24ClN3. The largest absolute Gasteiger partial charge is 0.349 e. The van der Waals surface area contributed by atoms with Crippen molar-refractivity contribution in [3.8, 4) is 0 Å². The molecular weight excluding hydrogens is 378 g/mol. The van der Waals surface area contributed by atoms with Crippen LogP contribution in [0.2, 0.25) is 5.02 Å². The molecule has 0 spiro atoms. The number of benzene rings is 3. The standard InChI is InChI=1S/C25H24ClN3/c1-16(2)17-7-9-19(10-8-17)24-15-22(18-11-13-20(26)14-12-18)28-25-27-21-5-3-4-6-23(21)29(24)25/h3-14,16,22,24H,15H2,1-2H3,(H,27,28). The first-order valence-corrected chi connectivity index (χ1v) is 10.6. The first-order chi connectivity index (χ1) is 14.1. The van der Waals surface area contributed by atoms with E-state index in [9.17, 15) is 0 Å². The predicted octanol–water partition coefficient (Wildman–Crippen LogP) is 6.96. The molecule has 146 valence electrons. The van der Waals surface area contributed by atoms with Crippen LogP contribution >= 0.6 is 11.6 Å². The summed E-state index contributed by atoms with van der Waals surface area (Å²) >= 11 is 6.11. The van der Waals surface area contributed by atoms with E-state index in [4.69, 9.17) is 16.6 Å². The first kappa shape index (κ1) is 18.3. The van der Waals surface area contributed by atoms with E-state index < -0.39 is 0 Å². The summed E-state index contributed by atoms with van der Waals surface area (Å²) in [5.41, 5.74) is 6.11. The normalized spacial score (nSPS) is 18.6. The lowest BCUT2D eigenvalue weighted by molar-refractivity contribution is 0.477. The molecule has 5 rings (SSSR count). The Labute approximate surface area is 176 Å². The van der Waals surface area contributed by atoms with Crippen LogP contribution < -0.4 is 5.32 Å². The molecule has 0 saturated heterocycles. The van der Waals surface area contributed by atoms with Gasteiger partial charge in [-0.25, -0.2) is 4.98 Å². The second-order valence-corrected chi connectivity index (χ2v) is 8.55. The quantitative estimate of drug-likeness (QED) is 0.402. The van der Waals surface area contributed by atoms with Gasteiger partial charge in [0.2, 0.25) is 5.95 Å². The van der Waals surface area contributed by atoms with Crippen LogP contribution in [0.25, 0.3) is 11.0 Å². The number of imidazole rings is 1. The maximum Gasteiger partial charge on any atom is 0.204 e. The Morgan fingerprint density at radius 1 is 0.931 bits per heavy atom. The highest BCUT2D eigenvalue weighted by Gasteiger charge is 2.30. The van der Waals surface area contributed by atoms with Crippen LogP contribution in [0.1, 0.15) is 55.0 Å². The van der Waals surface area contributed by atoms with E-state index in [0.29, 0.717) is 5.92 Å². The average Bonchev–Trinajstić information content (AvgIpc) is 3.12. The minimum atomic E-state index is 0.186. The predicted molar refractivity (Wildman–Crippen MR) is 121 cm³/mol. The van der Waals surface area contributed by atoms with Crippen LogP contribution in [0.4, 0.5) is 5.95 Å². The fourth-order valence-electron chi connectivity index (χ4n) is 4.31. The fourth-order valence-corrected chi connectivity index (χ4v) is 4.43. The van der Waals surface area contributed by atoms with Gasteiger partial charge in [0.05, 0.1) is 23.1 Å². The van der Waals surface area contributed by atoms with Gasteiger partial charge in [-0.2, -0.15) is 0 Å². The summed E-state index contributed by atoms with van der Waals surface area (Å²) < 4.78 is 2.35. The lowest BCUT2D eigenvalue weighted by atomic mass is 9.91. The summed E-state index contributed by atoms with van der Waals surface area (Å²) in [6.07, 6.45) is 0.954. The Hall–Kier alpha value is -2.78. The van der Waals surface area contributed by atoms with Crippen molar-refractivity contribution in [1.82, 2.24) is 9.55 Å². The number of para-hydroxylation sites is 2. The zero-order chi connectivity index (χ0) is 20.0. The third kappa shape index (κ3) is 3.30. The molecule has 0 aliphatic carbocycles. The Morgan fingerprint density at radius 3 is 2.34 bits per heavy atom. The molecule has 1 aliphatic rings. The minimum absolute atomic E-state index is 0.186. The first-order valence-electron chi connectivity index (χ1n) is 10.2. The number of hydrogen-bond acceptors (Lipinski definition) is 2. The van der Waals surface area contributed by atoms with E-state index >= 15 is 0 Å². The van der Waals surface area contributed by atoms with E-state index in [1.807, 2.05) is 18.2 Å². The van der Waals surface area contributed by atoms with Crippen molar-refractivity contribution in [3.63, 3.8) is 0 Å². The van der Waals surface area contributed by atoms with Crippen LogP contribution in [-0.2, 0) is 0 Å². The summed E-state index contributed by atoms with van der Waals surface area (Å²) in [6.45, 7) is 4.47. The van der Waals surface area contributed by atoms with E-state index in [0.717, 1.165) is 22.9 Å². The van der Waals surface area contributed by atoms with E-state index in [2.05, 4.69) is 78.3 Å². The van der Waals surface area contributed by atoms with E-state index in [-0.39, 0.29) is 12.1 Å². The Bertz CT molecular complexity index is 1140. The molecule has 0 fully saturated rings. The van der Waals surface area contributed by atoms with Crippen LogP contribution in [0.15, 0.2) is 72.8 Å². The summed E-state index contributed by atoms with van der Waals surface area (Å²) in [5, 5.41) is 4.42. The number of nitrogens with one attached hydrogen (secondary N) is 1. The van der Waals surface area contributed by atoms with Gasteiger partial charge in [-0.05, 0) is 53.3 Å². The Morgan fingerprint density at radius 2 is 1.62 bits per heavy atom. The van der Waals surface area contributed by atoms with Gasteiger partial charge in [0.25, 0.3) is 0 Å². The third-order valence-electron chi connectivity index (χ3n) is 5.93. The van der Waals surface area contributed by atoms with Crippen molar-refractivity contribution in [2.75, 3.05) is 5.32 Å². The van der Waals surface area contributed by atoms with Crippen molar-refractivity contribution in [2.45, 2.75) is 38.3 Å². The topological polar surface area (TPSA) is 29.9 Å². The molecule has 0 saturated carbocycles. The molecule has 0 bridgehead atoms. The second kappa shape index (κ2) is 7.23. The Kier molecular flexibility index (Phi) is 4.56. The van der Waals surface area contributed by atoms with Gasteiger partial charge in [0, 0.05) is 5.02 Å². The summed E-state index contributed by atoms with van der Waals surface area (Å²) in [7, 11) is 0. The molecule has 0 radical (unpaired) electrons. The molecule has 3 aromatic carbocycles. The smallest absolute Gasteiger partial charge is 0.204 e. The fraction of sp³-hybridized carbons (Fsp3) is 0.240. The van der Waals surface area contributed by atoms with Crippen LogP contribution in [0.5, 0.6) is 0 Å². The summed E-state index contributed by atoms with van der Waals surface area (Å²) in [6, 6.07) is 26.0. The molecule has 0 amide bonds. The van der Waals surface area contributed by atoms with Crippen molar-refractivity contribution in [1.29, 1.82) is 0 Å². The monoisotopic (exact) mass is 401 g/mol. The highest BCUT2D eigenvalue weighted by molar-refractivity contribution is 6.30. The number of halogens is 1. The molecule has 3 nitrogen and oxygen atoms in total. The number of fused-ring (bicyclic) bond motifs is 3. The number of rotatable bonds is 3. The molecule has 4 heteroatoms. The molecule has 1 N–H and O–H groups in total. The SMILES string of the molecule is CC(C)c1ccc(C2CC(c3ccc(Cl)cc3)Nc3nc4ccccc4n32)cc1. The van der Waals surface area contributed by atoms with E-state index in [1.54, 1.807) is 0 Å². The molecule has 29 heavy (non-hydrogen) atoms. The molecule has 2 atom stereocenters. The van der Waals surface area contributed by atoms with Crippen molar-refractivity contribution < 1.29 is 0 Å². The van der Waals surface area contributed by atoms with Crippen LogP contribution in [-0.4, -0.2) is 9.55 Å². The number of nitrogens with zero attached hydrogens (tertiary/aromatic N) is 2. The summed E-state index contributed by atoms with van der Waals surface area (Å²) in [4.78, 5) is 4.89. The van der Waals surface area contributed by atoms with Gasteiger partial charge >= 0.3 is 0 Å². The summed E-state index contributed by atoms with van der Waals surface area (Å²) in [5.74, 6) is 1.46. The average molecular weight is 402 g/mol. The van der Waals surface area contributed by atoms with Gasteiger partial charge in [0.1, 0.15) is 0 Å². The highest BCUT2D eigenvalue weighted by atomic mass is 35.5. The molecule has 1 aromatic heterocycles. The van der Waals surface area contributed by atoms with Crippen molar-refractivity contribution >= 4 is 28.6 Å². The highest BCUT2D eigenvalue weighted by Crippen LogP contribution is 2.41. The molecule has 1 aliphatic heterocycles. The molecule has 2 unspecified atom stereocenters. The second-order valence-electron chi connectivity index (χ2n) is 8.12. The number of aromatic nitrogens is 2. The number of anilines is 1. The van der Waals surface area contributed by atoms with Gasteiger partial charge < -0.3 is 9.88 Å². The van der Waals surface area contributed by atoms with Gasteiger partial charge in [0.15, 0.2) is 0 Å². The maximum atomic E-state index is 6.11. The van der Waals surface area contributed by atoms with E-state index in [1.165, 1.54) is 22.2 Å². The number of hydrogen-bond donors (Lipinski definition) is 1. The van der Waals surface area contributed by atoms with Crippen molar-refractivity contribution in [3.05, 3.63) is 94.5 Å². The molecule has 4 aromatic rings. The molecule has 2 heterocycles. The van der Waals surface area contributed by atoms with Crippen LogP contribution in [0.3, 0.4) is 0 Å².